The lowest BCUT2D eigenvalue weighted by molar-refractivity contribution is -0.133. The molecule has 0 saturated carbocycles. The fourth-order valence-electron chi connectivity index (χ4n) is 5.07. The van der Waals surface area contributed by atoms with Gasteiger partial charge in [0.2, 0.25) is 5.91 Å². The number of hydrogen-bond acceptors (Lipinski definition) is 4. The third kappa shape index (κ3) is 5.23. The minimum absolute atomic E-state index is 0.286. The van der Waals surface area contributed by atoms with Gasteiger partial charge in [-0.1, -0.05) is 41.9 Å². The van der Waals surface area contributed by atoms with Gasteiger partial charge in [0.05, 0.1) is 30.8 Å². The number of piperazine rings is 1. The van der Waals surface area contributed by atoms with Gasteiger partial charge < -0.3 is 14.0 Å². The highest BCUT2D eigenvalue weighted by Gasteiger charge is 2.23. The molecule has 0 N–H and O–H groups in total. The molecule has 2 aliphatic rings. The zero-order valence-corrected chi connectivity index (χ0v) is 21.1. The van der Waals surface area contributed by atoms with Crippen LogP contribution < -0.4 is 0 Å². The van der Waals surface area contributed by atoms with E-state index in [2.05, 4.69) is 49.3 Å². The number of nitrogens with zero attached hydrogens (tertiary/aromatic N) is 5. The zero-order chi connectivity index (χ0) is 23.5. The van der Waals surface area contributed by atoms with E-state index in [1.54, 1.807) is 0 Å². The van der Waals surface area contributed by atoms with Crippen LogP contribution in [0.2, 0.25) is 5.02 Å². The van der Waals surface area contributed by atoms with E-state index in [4.69, 9.17) is 23.8 Å². The zero-order valence-electron chi connectivity index (χ0n) is 19.5. The fraction of sp³-hybridized carbons (Fsp3) is 0.462. The Morgan fingerprint density at radius 1 is 0.824 bits per heavy atom. The van der Waals surface area contributed by atoms with E-state index in [0.717, 1.165) is 81.1 Å². The van der Waals surface area contributed by atoms with Gasteiger partial charge in [0.1, 0.15) is 0 Å². The van der Waals surface area contributed by atoms with Gasteiger partial charge in [0, 0.05) is 44.3 Å². The number of amides is 1. The molecule has 1 aromatic heterocycles. The van der Waals surface area contributed by atoms with Crippen molar-refractivity contribution < 1.29 is 4.79 Å². The molecule has 5 rings (SSSR count). The number of carbonyl (C=O) groups is 1. The molecule has 2 fully saturated rings. The maximum absolute atomic E-state index is 12.7. The van der Waals surface area contributed by atoms with Crippen molar-refractivity contribution in [3.8, 4) is 0 Å². The Bertz CT molecular complexity index is 1190. The van der Waals surface area contributed by atoms with Gasteiger partial charge in [-0.3, -0.25) is 14.6 Å². The summed E-state index contributed by atoms with van der Waals surface area (Å²) < 4.78 is 5.21. The number of aromatic nitrogens is 2. The minimum Gasteiger partial charge on any atom is -0.342 e. The predicted octanol–water partition coefficient (Wildman–Crippen LogP) is 4.46. The molecule has 34 heavy (non-hydrogen) atoms. The topological polar surface area (TPSA) is 36.7 Å². The van der Waals surface area contributed by atoms with Crippen LogP contribution in [0.3, 0.4) is 0 Å². The molecular weight excluding hydrogens is 466 g/mol. The largest absolute Gasteiger partial charge is 0.342 e. The van der Waals surface area contributed by atoms with Crippen LogP contribution in [0.15, 0.2) is 48.5 Å². The third-order valence-corrected chi connectivity index (χ3v) is 7.71. The van der Waals surface area contributed by atoms with Crippen LogP contribution in [0.1, 0.15) is 24.8 Å². The van der Waals surface area contributed by atoms with Crippen molar-refractivity contribution in [1.82, 2.24) is 23.8 Å². The summed E-state index contributed by atoms with van der Waals surface area (Å²) >= 11 is 12.3. The first-order valence-corrected chi connectivity index (χ1v) is 13.0. The molecule has 0 radical (unpaired) electrons. The first-order valence-electron chi connectivity index (χ1n) is 12.2. The van der Waals surface area contributed by atoms with E-state index in [1.807, 2.05) is 23.1 Å². The summed E-state index contributed by atoms with van der Waals surface area (Å²) in [5, 5.41) is 0.717. The van der Waals surface area contributed by atoms with Gasteiger partial charge in [-0.25, -0.2) is 0 Å². The Kier molecular flexibility index (Phi) is 7.34. The second-order valence-electron chi connectivity index (χ2n) is 9.39. The number of rotatable bonds is 6. The van der Waals surface area contributed by atoms with Crippen molar-refractivity contribution >= 4 is 40.8 Å². The molecule has 0 aliphatic carbocycles. The van der Waals surface area contributed by atoms with Crippen molar-refractivity contribution in [3.05, 3.63) is 63.9 Å². The van der Waals surface area contributed by atoms with E-state index in [1.165, 1.54) is 12.0 Å². The fourth-order valence-corrected chi connectivity index (χ4v) is 5.56. The average Bonchev–Trinajstić information content (AvgIpc) is 3.11. The lowest BCUT2D eigenvalue weighted by Crippen LogP contribution is -2.50. The lowest BCUT2D eigenvalue weighted by atomic mass is 10.1. The van der Waals surface area contributed by atoms with Crippen LogP contribution in [-0.2, 0) is 18.0 Å². The Balaban J connectivity index is 1.28. The first-order chi connectivity index (χ1) is 16.6. The summed E-state index contributed by atoms with van der Waals surface area (Å²) in [5.41, 5.74) is 3.39. The van der Waals surface area contributed by atoms with Crippen LogP contribution in [-0.4, -0.2) is 75.6 Å². The minimum atomic E-state index is 0.286. The molecule has 6 nitrogen and oxygen atoms in total. The molecule has 0 unspecified atom stereocenters. The molecule has 2 aromatic carbocycles. The molecule has 2 saturated heterocycles. The summed E-state index contributed by atoms with van der Waals surface area (Å²) in [5.74, 6) is 0.286. The summed E-state index contributed by atoms with van der Waals surface area (Å²) in [7, 11) is 0. The van der Waals surface area contributed by atoms with Crippen LogP contribution in [0.5, 0.6) is 0 Å². The summed E-state index contributed by atoms with van der Waals surface area (Å²) in [6, 6.07) is 16.4. The SMILES string of the molecule is O=C(CN1CCN(Cn2c(=S)n(Cc3ccccc3)c3ccc(Cl)cc32)CC1)N1CCCCC1. The molecule has 0 spiro atoms. The Labute approximate surface area is 211 Å². The molecular formula is C26H32ClN5OS. The van der Waals surface area contributed by atoms with E-state index >= 15 is 0 Å². The van der Waals surface area contributed by atoms with Gasteiger partial charge in [0.25, 0.3) is 0 Å². The van der Waals surface area contributed by atoms with Crippen molar-refractivity contribution in [2.24, 2.45) is 0 Å². The molecule has 3 heterocycles. The van der Waals surface area contributed by atoms with Gasteiger partial charge in [-0.15, -0.1) is 0 Å². The highest BCUT2D eigenvalue weighted by molar-refractivity contribution is 7.71. The Morgan fingerprint density at radius 3 is 2.26 bits per heavy atom. The Morgan fingerprint density at radius 2 is 1.53 bits per heavy atom. The number of halogens is 1. The molecule has 0 atom stereocenters. The number of piperidine rings is 1. The van der Waals surface area contributed by atoms with Crippen LogP contribution in [0.4, 0.5) is 0 Å². The number of imidazole rings is 1. The highest BCUT2D eigenvalue weighted by Crippen LogP contribution is 2.24. The lowest BCUT2D eigenvalue weighted by Gasteiger charge is -2.36. The van der Waals surface area contributed by atoms with Crippen molar-refractivity contribution in [2.75, 3.05) is 45.8 Å². The van der Waals surface area contributed by atoms with E-state index in [0.29, 0.717) is 11.6 Å². The Hall–Kier alpha value is -2.19. The number of likely N-dealkylation sites (tertiary alicyclic amines) is 1. The van der Waals surface area contributed by atoms with E-state index in [9.17, 15) is 4.79 Å². The quantitative estimate of drug-likeness (QED) is 0.471. The maximum atomic E-state index is 12.7. The molecule has 8 heteroatoms. The maximum Gasteiger partial charge on any atom is 0.236 e. The highest BCUT2D eigenvalue weighted by atomic mass is 35.5. The standard InChI is InChI=1S/C26H32ClN5OS/c27-22-9-10-23-24(17-22)32(26(34)31(23)18-21-7-3-1-4-8-21)20-29-15-13-28(14-16-29)19-25(33)30-11-5-2-6-12-30/h1,3-4,7-10,17H,2,5-6,11-16,18-20H2. The summed E-state index contributed by atoms with van der Waals surface area (Å²) in [6.45, 7) is 7.48. The second-order valence-corrected chi connectivity index (χ2v) is 10.2. The summed E-state index contributed by atoms with van der Waals surface area (Å²) in [6.07, 6.45) is 3.53. The second kappa shape index (κ2) is 10.6. The third-order valence-electron chi connectivity index (χ3n) is 7.04. The smallest absolute Gasteiger partial charge is 0.236 e. The van der Waals surface area contributed by atoms with E-state index < -0.39 is 0 Å². The van der Waals surface area contributed by atoms with Crippen LogP contribution >= 0.6 is 23.8 Å². The molecule has 1 amide bonds. The number of carbonyl (C=O) groups excluding carboxylic acids is 1. The van der Waals surface area contributed by atoms with Crippen molar-refractivity contribution in [3.63, 3.8) is 0 Å². The average molecular weight is 498 g/mol. The molecule has 180 valence electrons. The van der Waals surface area contributed by atoms with Gasteiger partial charge in [-0.05, 0) is 55.2 Å². The molecule has 3 aromatic rings. The van der Waals surface area contributed by atoms with Crippen LogP contribution in [0.25, 0.3) is 11.0 Å². The molecule has 2 aliphatic heterocycles. The molecule has 0 bridgehead atoms. The number of hydrogen-bond donors (Lipinski definition) is 0. The van der Waals surface area contributed by atoms with Crippen molar-refractivity contribution in [1.29, 1.82) is 0 Å². The number of fused-ring (bicyclic) bond motifs is 1. The van der Waals surface area contributed by atoms with Gasteiger partial charge >= 0.3 is 0 Å². The van der Waals surface area contributed by atoms with Crippen molar-refractivity contribution in [2.45, 2.75) is 32.5 Å². The first kappa shape index (κ1) is 23.5. The van der Waals surface area contributed by atoms with Crippen LogP contribution in [0, 0.1) is 4.77 Å². The number of benzene rings is 2. The van der Waals surface area contributed by atoms with Gasteiger partial charge in [-0.2, -0.15) is 0 Å². The van der Waals surface area contributed by atoms with E-state index in [-0.39, 0.29) is 5.91 Å². The monoisotopic (exact) mass is 497 g/mol. The predicted molar refractivity (Wildman–Crippen MR) is 140 cm³/mol. The normalized spacial score (nSPS) is 18.0. The van der Waals surface area contributed by atoms with Gasteiger partial charge in [0.15, 0.2) is 4.77 Å². The summed E-state index contributed by atoms with van der Waals surface area (Å²) in [4.78, 5) is 19.4.